The highest BCUT2D eigenvalue weighted by atomic mass is 16.5. The van der Waals surface area contributed by atoms with Crippen LogP contribution in [0.3, 0.4) is 0 Å². The average Bonchev–Trinajstić information content (AvgIpc) is 3.12. The van der Waals surface area contributed by atoms with Crippen LogP contribution < -0.4 is 15.7 Å². The number of methoxy groups -OCH3 is 1. The van der Waals surface area contributed by atoms with Crippen molar-refractivity contribution >= 4 is 34.0 Å². The van der Waals surface area contributed by atoms with Gasteiger partial charge in [-0.3, -0.25) is 9.59 Å². The largest absolute Gasteiger partial charge is 0.497 e. The van der Waals surface area contributed by atoms with E-state index in [0.717, 1.165) is 11.6 Å². The molecule has 0 spiro atoms. The number of aromatic nitrogens is 4. The number of nitrogens with zero attached hydrogens (tertiary/aromatic N) is 3. The van der Waals surface area contributed by atoms with Crippen LogP contribution in [-0.4, -0.2) is 38.2 Å². The van der Waals surface area contributed by atoms with Gasteiger partial charge in [-0.05, 0) is 41.5 Å². The molecule has 2 N–H and O–H groups in total. The van der Waals surface area contributed by atoms with E-state index >= 15 is 0 Å². The van der Waals surface area contributed by atoms with Gasteiger partial charge in [0.05, 0.1) is 19.2 Å². The zero-order chi connectivity index (χ0) is 21.3. The number of fused-ring (bicyclic) bond motifs is 2. The zero-order valence-electron chi connectivity index (χ0n) is 15.8. The van der Waals surface area contributed by atoms with Gasteiger partial charge in [0.25, 0.3) is 5.56 Å². The third kappa shape index (κ3) is 3.55. The topological polar surface area (TPSA) is 127 Å². The summed E-state index contributed by atoms with van der Waals surface area (Å²) in [6, 6.07) is 11.9. The fraction of sp³-hybridized carbons (Fsp3) is 0.0952. The molecule has 0 aliphatic heterocycles. The molecule has 0 unspecified atom stereocenters. The van der Waals surface area contributed by atoms with Gasteiger partial charge in [0.2, 0.25) is 5.43 Å². The van der Waals surface area contributed by atoms with Crippen LogP contribution in [0.5, 0.6) is 5.75 Å². The van der Waals surface area contributed by atoms with E-state index < -0.39 is 17.0 Å². The van der Waals surface area contributed by atoms with Crippen molar-refractivity contribution in [2.75, 3.05) is 7.11 Å². The number of rotatable bonds is 5. The van der Waals surface area contributed by atoms with Crippen molar-refractivity contribution in [3.63, 3.8) is 0 Å². The molecular weight excluding hydrogens is 388 g/mol. The molecule has 2 aromatic heterocycles. The summed E-state index contributed by atoms with van der Waals surface area (Å²) in [4.78, 5) is 39.2. The number of aliphatic carboxylic acids is 1. The highest BCUT2D eigenvalue weighted by Gasteiger charge is 2.14. The Bertz CT molecular complexity index is 1420. The van der Waals surface area contributed by atoms with Crippen LogP contribution in [-0.2, 0) is 11.3 Å². The van der Waals surface area contributed by atoms with Gasteiger partial charge in [-0.15, -0.1) is 5.10 Å². The van der Waals surface area contributed by atoms with Gasteiger partial charge in [-0.2, -0.15) is 0 Å². The maximum absolute atomic E-state index is 13.2. The number of carbonyl (C=O) groups is 1. The van der Waals surface area contributed by atoms with E-state index in [-0.39, 0.29) is 28.5 Å². The second-order valence-electron chi connectivity index (χ2n) is 6.55. The summed E-state index contributed by atoms with van der Waals surface area (Å²) in [6.07, 6.45) is 2.35. The standard InChI is InChI=1S/C21H16N4O5/c1-30-14-6-2-13(3-7-14)11-25-19-18(23-24-25)21(29)22-16-10-12(5-9-17(26)27)4-8-15(16)20(19)28/h2-10H,11H2,1H3,(H,22,29)(H,26,27). The Morgan fingerprint density at radius 3 is 2.67 bits per heavy atom. The lowest BCUT2D eigenvalue weighted by atomic mass is 10.1. The minimum Gasteiger partial charge on any atom is -0.497 e. The first kappa shape index (κ1) is 19.1. The molecule has 0 saturated carbocycles. The molecule has 4 aromatic rings. The number of H-pyrrole nitrogens is 1. The van der Waals surface area contributed by atoms with Crippen molar-refractivity contribution in [3.8, 4) is 5.75 Å². The predicted octanol–water partition coefficient (Wildman–Crippen LogP) is 1.79. The lowest BCUT2D eigenvalue weighted by Gasteiger charge is -2.04. The molecule has 0 aliphatic carbocycles. The molecule has 9 nitrogen and oxygen atoms in total. The molecule has 2 aromatic carbocycles. The molecule has 30 heavy (non-hydrogen) atoms. The fourth-order valence-electron chi connectivity index (χ4n) is 3.15. The number of aromatic amines is 1. The van der Waals surface area contributed by atoms with Crippen molar-refractivity contribution < 1.29 is 14.6 Å². The lowest BCUT2D eigenvalue weighted by molar-refractivity contribution is -0.131. The maximum atomic E-state index is 13.2. The molecule has 150 valence electrons. The molecule has 0 amide bonds. The number of carboxylic acid groups (broad SMARTS) is 1. The third-order valence-corrected chi connectivity index (χ3v) is 4.61. The van der Waals surface area contributed by atoms with Crippen molar-refractivity contribution in [2.45, 2.75) is 6.54 Å². The summed E-state index contributed by atoms with van der Waals surface area (Å²) in [5.41, 5.74) is 0.746. The molecule has 0 saturated heterocycles. The third-order valence-electron chi connectivity index (χ3n) is 4.61. The molecule has 4 rings (SSSR count). The van der Waals surface area contributed by atoms with E-state index in [0.29, 0.717) is 11.3 Å². The van der Waals surface area contributed by atoms with Crippen LogP contribution in [0.2, 0.25) is 0 Å². The van der Waals surface area contributed by atoms with Gasteiger partial charge >= 0.3 is 5.97 Å². The number of nitrogens with one attached hydrogen (secondary N) is 1. The maximum Gasteiger partial charge on any atom is 0.328 e. The van der Waals surface area contributed by atoms with E-state index in [1.54, 1.807) is 31.4 Å². The molecule has 0 aliphatic rings. The number of ether oxygens (including phenoxy) is 1. The van der Waals surface area contributed by atoms with Gasteiger partial charge in [0.1, 0.15) is 11.3 Å². The van der Waals surface area contributed by atoms with Gasteiger partial charge < -0.3 is 14.8 Å². The van der Waals surface area contributed by atoms with Crippen molar-refractivity contribution in [1.29, 1.82) is 0 Å². The first-order valence-electron chi connectivity index (χ1n) is 8.94. The van der Waals surface area contributed by atoms with Crippen LogP contribution in [0.4, 0.5) is 0 Å². The van der Waals surface area contributed by atoms with Gasteiger partial charge in [-0.25, -0.2) is 9.48 Å². The molecule has 2 heterocycles. The van der Waals surface area contributed by atoms with Crippen LogP contribution >= 0.6 is 0 Å². The van der Waals surface area contributed by atoms with E-state index in [4.69, 9.17) is 9.84 Å². The Hall–Kier alpha value is -4.27. The normalized spacial score (nSPS) is 11.4. The minimum atomic E-state index is -1.10. The Labute approximate surface area is 168 Å². The smallest absolute Gasteiger partial charge is 0.328 e. The molecule has 0 atom stereocenters. The first-order chi connectivity index (χ1) is 14.5. The molecule has 0 fully saturated rings. The second-order valence-corrected chi connectivity index (χ2v) is 6.55. The minimum absolute atomic E-state index is 0.0626. The van der Waals surface area contributed by atoms with E-state index in [9.17, 15) is 14.4 Å². The lowest BCUT2D eigenvalue weighted by Crippen LogP contribution is -2.10. The molecular formula is C21H16N4O5. The highest BCUT2D eigenvalue weighted by Crippen LogP contribution is 2.15. The Balaban J connectivity index is 1.88. The van der Waals surface area contributed by atoms with E-state index in [2.05, 4.69) is 15.3 Å². The quantitative estimate of drug-likeness (QED) is 0.486. The number of carboxylic acids is 1. The average molecular weight is 404 g/mol. The fourth-order valence-corrected chi connectivity index (χ4v) is 3.15. The monoisotopic (exact) mass is 404 g/mol. The number of benzene rings is 2. The SMILES string of the molecule is COc1ccc(Cn2nnc3c(=O)[nH]c4cc(C=CC(=O)O)ccc4c(=O)c32)cc1. The van der Waals surface area contributed by atoms with Gasteiger partial charge in [0, 0.05) is 11.5 Å². The van der Waals surface area contributed by atoms with Crippen molar-refractivity contribution in [3.05, 3.63) is 80.2 Å². The zero-order valence-corrected chi connectivity index (χ0v) is 15.8. The van der Waals surface area contributed by atoms with Crippen LogP contribution in [0.15, 0.2) is 58.1 Å². The summed E-state index contributed by atoms with van der Waals surface area (Å²) < 4.78 is 6.54. The number of hydrogen-bond acceptors (Lipinski definition) is 6. The summed E-state index contributed by atoms with van der Waals surface area (Å²) in [5.74, 6) is -0.395. The van der Waals surface area contributed by atoms with Crippen LogP contribution in [0, 0.1) is 0 Å². The van der Waals surface area contributed by atoms with E-state index in [1.165, 1.54) is 16.8 Å². The Morgan fingerprint density at radius 2 is 1.97 bits per heavy atom. The Morgan fingerprint density at radius 1 is 1.20 bits per heavy atom. The first-order valence-corrected chi connectivity index (χ1v) is 8.94. The van der Waals surface area contributed by atoms with Crippen molar-refractivity contribution in [2.24, 2.45) is 0 Å². The second kappa shape index (κ2) is 7.63. The molecule has 0 bridgehead atoms. The highest BCUT2D eigenvalue weighted by molar-refractivity contribution is 5.90. The van der Waals surface area contributed by atoms with Gasteiger partial charge in [0.15, 0.2) is 5.52 Å². The number of hydrogen-bond donors (Lipinski definition) is 2. The Kier molecular flexibility index (Phi) is 4.85. The van der Waals surface area contributed by atoms with Crippen molar-refractivity contribution in [1.82, 2.24) is 20.0 Å². The van der Waals surface area contributed by atoms with Crippen LogP contribution in [0.25, 0.3) is 28.0 Å². The summed E-state index contributed by atoms with van der Waals surface area (Å²) >= 11 is 0. The molecule has 0 radical (unpaired) electrons. The van der Waals surface area contributed by atoms with Crippen LogP contribution in [0.1, 0.15) is 11.1 Å². The van der Waals surface area contributed by atoms with E-state index in [1.807, 2.05) is 12.1 Å². The summed E-state index contributed by atoms with van der Waals surface area (Å²) in [5, 5.41) is 17.0. The molecule has 9 heteroatoms. The predicted molar refractivity (Wildman–Crippen MR) is 111 cm³/mol. The van der Waals surface area contributed by atoms with Gasteiger partial charge in [-0.1, -0.05) is 23.4 Å². The summed E-state index contributed by atoms with van der Waals surface area (Å²) in [7, 11) is 1.57. The summed E-state index contributed by atoms with van der Waals surface area (Å²) in [6.45, 7) is 0.250.